The molecule has 184 valence electrons. The molecule has 2 aliphatic heterocycles. The van der Waals surface area contributed by atoms with E-state index in [0.717, 1.165) is 21.0 Å². The Balaban J connectivity index is 1.34. The van der Waals surface area contributed by atoms with E-state index in [0.29, 0.717) is 17.2 Å². The lowest BCUT2D eigenvalue weighted by Gasteiger charge is -2.43. The van der Waals surface area contributed by atoms with Gasteiger partial charge in [0, 0.05) is 16.0 Å². The van der Waals surface area contributed by atoms with E-state index in [2.05, 4.69) is 17.1 Å². The number of hydrogen-bond acceptors (Lipinski definition) is 7. The van der Waals surface area contributed by atoms with Crippen LogP contribution in [0.3, 0.4) is 0 Å². The van der Waals surface area contributed by atoms with Gasteiger partial charge in [-0.25, -0.2) is 0 Å². The summed E-state index contributed by atoms with van der Waals surface area (Å²) in [6.07, 6.45) is 0.914. The zero-order valence-corrected chi connectivity index (χ0v) is 22.1. The van der Waals surface area contributed by atoms with Gasteiger partial charge in [0.05, 0.1) is 36.8 Å². The topological polar surface area (TPSA) is 71.6 Å². The summed E-state index contributed by atoms with van der Waals surface area (Å²) >= 11 is 9.00. The Morgan fingerprint density at radius 1 is 0.972 bits per heavy atom. The number of aromatic nitrogens is 1. The SMILES string of the molecule is COc1ccc(C2c3sc(=S)[nH]c3SC3C4CC(C5C(=O)N(c6ccccc6)C(=O)C45)C23)cc1OC. The van der Waals surface area contributed by atoms with Gasteiger partial charge >= 0.3 is 0 Å². The lowest BCUT2D eigenvalue weighted by molar-refractivity contribution is -0.123. The van der Waals surface area contributed by atoms with Crippen LogP contribution in [0, 0.1) is 33.5 Å². The molecule has 3 heterocycles. The first-order chi connectivity index (χ1) is 17.5. The number of fused-ring (bicyclic) bond motifs is 9. The maximum Gasteiger partial charge on any atom is 0.238 e. The Hall–Kier alpha value is -2.62. The molecule has 7 atom stereocenters. The molecular formula is C27H24N2O4S3. The number of carbonyl (C=O) groups excluding carboxylic acids is 2. The number of thioether (sulfide) groups is 1. The fraction of sp³-hybridized carbons (Fsp3) is 0.370. The number of nitrogens with one attached hydrogen (secondary N) is 1. The molecule has 3 fully saturated rings. The van der Waals surface area contributed by atoms with Crippen LogP contribution < -0.4 is 14.4 Å². The first-order valence-corrected chi connectivity index (χ1v) is 14.2. The van der Waals surface area contributed by atoms with Crippen LogP contribution in [0.5, 0.6) is 11.5 Å². The number of aromatic amines is 1. The quantitative estimate of drug-likeness (QED) is 0.351. The molecule has 2 bridgehead atoms. The number of carbonyl (C=O) groups is 2. The highest BCUT2D eigenvalue weighted by molar-refractivity contribution is 8.00. The molecule has 4 aliphatic rings. The molecule has 9 heteroatoms. The van der Waals surface area contributed by atoms with Crippen molar-refractivity contribution in [3.05, 3.63) is 62.9 Å². The highest BCUT2D eigenvalue weighted by Gasteiger charge is 2.69. The molecule has 1 N–H and O–H groups in total. The highest BCUT2D eigenvalue weighted by Crippen LogP contribution is 2.69. The number of thiazole rings is 1. The maximum atomic E-state index is 13.8. The molecule has 2 aliphatic carbocycles. The van der Waals surface area contributed by atoms with Crippen LogP contribution >= 0.6 is 35.3 Å². The third-order valence-corrected chi connectivity index (χ3v) is 11.4. The number of H-pyrrole nitrogens is 1. The predicted molar refractivity (Wildman–Crippen MR) is 142 cm³/mol. The van der Waals surface area contributed by atoms with Gasteiger partial charge in [0.25, 0.3) is 0 Å². The number of nitrogens with zero attached hydrogens (tertiary/aromatic N) is 1. The molecule has 1 saturated heterocycles. The lowest BCUT2D eigenvalue weighted by atomic mass is 9.68. The minimum atomic E-state index is -0.263. The van der Waals surface area contributed by atoms with E-state index < -0.39 is 0 Å². The molecule has 6 nitrogen and oxygen atoms in total. The zero-order chi connectivity index (χ0) is 24.7. The molecule has 2 saturated carbocycles. The van der Waals surface area contributed by atoms with E-state index in [4.69, 9.17) is 21.7 Å². The van der Waals surface area contributed by atoms with Crippen molar-refractivity contribution in [2.24, 2.45) is 29.6 Å². The van der Waals surface area contributed by atoms with Crippen LogP contribution in [0.25, 0.3) is 0 Å². The number of benzene rings is 2. The highest BCUT2D eigenvalue weighted by atomic mass is 32.2. The smallest absolute Gasteiger partial charge is 0.238 e. The third-order valence-electron chi connectivity index (χ3n) is 8.51. The van der Waals surface area contributed by atoms with Gasteiger partial charge in [-0.1, -0.05) is 24.3 Å². The largest absolute Gasteiger partial charge is 0.493 e. The van der Waals surface area contributed by atoms with Crippen molar-refractivity contribution in [2.75, 3.05) is 19.1 Å². The minimum absolute atomic E-state index is 0.0329. The molecule has 3 aromatic rings. The van der Waals surface area contributed by atoms with Gasteiger partial charge < -0.3 is 14.5 Å². The normalized spacial score (nSPS) is 31.8. The number of para-hydroxylation sites is 1. The lowest BCUT2D eigenvalue weighted by Crippen LogP contribution is -2.42. The molecular weight excluding hydrogens is 513 g/mol. The standard InChI is InChI=1S/C27H24N2O4S3/c1-32-16-9-8-12(10-17(16)33-2)18-19-14-11-15(22(19)35-24-23(18)36-27(34)28-24)21-20(14)25(30)29(26(21)31)13-6-4-3-5-7-13/h3-10,14-15,18-22H,11H2,1-2H3,(H,28,34). The third kappa shape index (κ3) is 2.99. The summed E-state index contributed by atoms with van der Waals surface area (Å²) in [7, 11) is 3.29. The fourth-order valence-electron chi connectivity index (χ4n) is 7.27. The summed E-state index contributed by atoms with van der Waals surface area (Å²) in [5.41, 5.74) is 1.81. The van der Waals surface area contributed by atoms with Crippen LogP contribution in [0.15, 0.2) is 53.6 Å². The average molecular weight is 537 g/mol. The van der Waals surface area contributed by atoms with Gasteiger partial charge in [0.15, 0.2) is 15.5 Å². The van der Waals surface area contributed by atoms with Gasteiger partial charge in [0.1, 0.15) is 0 Å². The number of hydrogen-bond donors (Lipinski definition) is 1. The molecule has 1 aromatic heterocycles. The Kier molecular flexibility index (Phi) is 5.14. The van der Waals surface area contributed by atoms with Crippen molar-refractivity contribution in [2.45, 2.75) is 22.6 Å². The summed E-state index contributed by atoms with van der Waals surface area (Å²) in [5, 5.41) is 1.35. The van der Waals surface area contributed by atoms with Crippen molar-refractivity contribution < 1.29 is 19.1 Å². The second-order valence-electron chi connectivity index (χ2n) is 9.92. The Morgan fingerprint density at radius 2 is 1.69 bits per heavy atom. The Labute approximate surface area is 222 Å². The number of ether oxygens (including phenoxy) is 2. The second-order valence-corrected chi connectivity index (χ2v) is 12.8. The molecule has 0 radical (unpaired) electrons. The number of anilines is 1. The summed E-state index contributed by atoms with van der Waals surface area (Å²) < 4.78 is 11.9. The van der Waals surface area contributed by atoms with Crippen molar-refractivity contribution in [1.82, 2.24) is 4.98 Å². The number of rotatable bonds is 4. The van der Waals surface area contributed by atoms with E-state index in [-0.39, 0.29) is 52.6 Å². The zero-order valence-electron chi connectivity index (χ0n) is 19.7. The van der Waals surface area contributed by atoms with E-state index >= 15 is 0 Å². The monoisotopic (exact) mass is 536 g/mol. The summed E-state index contributed by atoms with van der Waals surface area (Å²) in [4.78, 5) is 33.5. The van der Waals surface area contributed by atoms with Crippen LogP contribution in [-0.4, -0.2) is 36.3 Å². The maximum absolute atomic E-state index is 13.8. The van der Waals surface area contributed by atoms with Crippen molar-refractivity contribution in [3.63, 3.8) is 0 Å². The number of imide groups is 1. The Bertz CT molecular complexity index is 1450. The van der Waals surface area contributed by atoms with E-state index in [9.17, 15) is 9.59 Å². The van der Waals surface area contributed by atoms with Gasteiger partial charge in [-0.05, 0) is 66.2 Å². The van der Waals surface area contributed by atoms with Gasteiger partial charge in [-0.2, -0.15) is 0 Å². The van der Waals surface area contributed by atoms with Gasteiger partial charge in [0.2, 0.25) is 11.8 Å². The molecule has 2 aromatic carbocycles. The van der Waals surface area contributed by atoms with E-state index in [1.165, 1.54) is 9.78 Å². The number of amides is 2. The molecule has 7 rings (SSSR count). The summed E-state index contributed by atoms with van der Waals surface area (Å²) in [5.74, 6) is 1.42. The van der Waals surface area contributed by atoms with Crippen LogP contribution in [0.1, 0.15) is 22.8 Å². The van der Waals surface area contributed by atoms with Gasteiger partial charge in [-0.15, -0.1) is 23.1 Å². The molecule has 7 unspecified atom stereocenters. The van der Waals surface area contributed by atoms with E-state index in [1.54, 1.807) is 25.6 Å². The van der Waals surface area contributed by atoms with Crippen molar-refractivity contribution in [3.8, 4) is 11.5 Å². The summed E-state index contributed by atoms with van der Waals surface area (Å²) in [6.45, 7) is 0. The first kappa shape index (κ1) is 22.6. The van der Waals surface area contributed by atoms with Crippen LogP contribution in [0.2, 0.25) is 0 Å². The molecule has 36 heavy (non-hydrogen) atoms. The van der Waals surface area contributed by atoms with E-state index in [1.807, 2.05) is 48.2 Å². The van der Waals surface area contributed by atoms with Crippen LogP contribution in [-0.2, 0) is 9.59 Å². The average Bonchev–Trinajstić information content (AvgIpc) is 3.62. The molecule has 0 spiro atoms. The van der Waals surface area contributed by atoms with Crippen molar-refractivity contribution in [1.29, 1.82) is 0 Å². The number of methoxy groups -OCH3 is 2. The van der Waals surface area contributed by atoms with Crippen LogP contribution in [0.4, 0.5) is 5.69 Å². The fourth-order valence-corrected chi connectivity index (χ4v) is 10.6. The first-order valence-electron chi connectivity index (χ1n) is 12.1. The predicted octanol–water partition coefficient (Wildman–Crippen LogP) is 5.50. The summed E-state index contributed by atoms with van der Waals surface area (Å²) in [6, 6.07) is 15.5. The minimum Gasteiger partial charge on any atom is -0.493 e. The second kappa shape index (κ2) is 8.19. The molecule has 2 amide bonds. The van der Waals surface area contributed by atoms with Crippen molar-refractivity contribution >= 4 is 52.8 Å². The van der Waals surface area contributed by atoms with Gasteiger partial charge in [-0.3, -0.25) is 14.5 Å². The Morgan fingerprint density at radius 3 is 2.42 bits per heavy atom.